The number of carbonyl (C=O) groups is 3. The molecule has 0 unspecified atom stereocenters. The second-order valence-corrected chi connectivity index (χ2v) is 15.3. The highest BCUT2D eigenvalue weighted by atomic mass is 19.1. The van der Waals surface area contributed by atoms with Gasteiger partial charge < -0.3 is 40.4 Å². The summed E-state index contributed by atoms with van der Waals surface area (Å²) in [6.07, 6.45) is 7.24. The monoisotopic (exact) mass is 867 g/mol. The Hall–Kier alpha value is -7.87. The number of likely N-dealkylation sites (tertiary alicyclic amines) is 1. The van der Waals surface area contributed by atoms with E-state index in [1.54, 1.807) is 66.9 Å². The number of halogens is 2. The Morgan fingerprint density at radius 3 is 2.02 bits per heavy atom. The van der Waals surface area contributed by atoms with Gasteiger partial charge >= 0.3 is 0 Å². The summed E-state index contributed by atoms with van der Waals surface area (Å²) in [5.74, 6) is 3.43. The molecule has 1 fully saturated rings. The third-order valence-corrected chi connectivity index (χ3v) is 11.7. The van der Waals surface area contributed by atoms with Crippen LogP contribution < -0.4 is 35.5 Å². The number of pyridine rings is 2. The zero-order chi connectivity index (χ0) is 44.6. The zero-order valence-electron chi connectivity index (χ0n) is 35.3. The molecule has 4 aromatic heterocycles. The number of hydrogen-bond acceptors (Lipinski definition) is 10. The normalized spacial score (nSPS) is 15.6. The average molecular weight is 868 g/mol. The molecule has 3 amide bonds. The first-order valence-corrected chi connectivity index (χ1v) is 20.7. The highest BCUT2D eigenvalue weighted by Crippen LogP contribution is 2.50. The summed E-state index contributed by atoms with van der Waals surface area (Å²) in [5, 5.41) is 12.8. The molecule has 15 nitrogen and oxygen atoms in total. The number of amides is 3. The van der Waals surface area contributed by atoms with Crippen molar-refractivity contribution in [3.05, 3.63) is 114 Å². The lowest BCUT2D eigenvalue weighted by atomic mass is 9.97. The maximum atomic E-state index is 15.5. The summed E-state index contributed by atoms with van der Waals surface area (Å²) in [6.45, 7) is 4.56. The van der Waals surface area contributed by atoms with Crippen LogP contribution >= 0.6 is 0 Å². The van der Waals surface area contributed by atoms with Gasteiger partial charge in [0.2, 0.25) is 0 Å². The van der Waals surface area contributed by atoms with Crippen LogP contribution in [0.4, 0.5) is 31.5 Å². The molecule has 0 radical (unpaired) electrons. The van der Waals surface area contributed by atoms with Crippen LogP contribution in [0.5, 0.6) is 17.2 Å². The number of methoxy groups -OCH3 is 2. The van der Waals surface area contributed by atoms with E-state index in [9.17, 15) is 14.4 Å². The van der Waals surface area contributed by atoms with E-state index in [2.05, 4.69) is 43.1 Å². The highest BCUT2D eigenvalue weighted by Gasteiger charge is 2.41. The first-order chi connectivity index (χ1) is 31.1. The van der Waals surface area contributed by atoms with Crippen molar-refractivity contribution in [2.45, 2.75) is 45.3 Å². The van der Waals surface area contributed by atoms with Crippen molar-refractivity contribution < 1.29 is 37.4 Å². The SMILES string of the molecule is CC#CC(=O)N1CC[C@@H]1[C@H](C)Oc1cnccc1-c1c(Nc2cccc(F)c2OC)c2c(n1-c1c(Nc3cccc(F)c3OC)c3c(n1-c1ccncc1)CCNC3=O)CCNC2=O. The van der Waals surface area contributed by atoms with E-state index in [1.165, 1.54) is 38.5 Å². The van der Waals surface area contributed by atoms with Crippen LogP contribution in [-0.2, 0) is 17.6 Å². The second kappa shape index (κ2) is 17.1. The summed E-state index contributed by atoms with van der Waals surface area (Å²) in [5.41, 5.74) is 4.12. The number of fused-ring (bicyclic) bond motifs is 2. The van der Waals surface area contributed by atoms with Gasteiger partial charge in [-0.15, -0.1) is 0 Å². The molecule has 0 saturated carbocycles. The van der Waals surface area contributed by atoms with E-state index in [0.717, 1.165) is 0 Å². The quantitative estimate of drug-likeness (QED) is 0.100. The van der Waals surface area contributed by atoms with Gasteiger partial charge in [-0.1, -0.05) is 18.1 Å². The van der Waals surface area contributed by atoms with Crippen molar-refractivity contribution in [3.63, 3.8) is 0 Å². The molecule has 326 valence electrons. The van der Waals surface area contributed by atoms with Gasteiger partial charge in [-0.05, 0) is 68.7 Å². The molecule has 0 aliphatic carbocycles. The summed E-state index contributed by atoms with van der Waals surface area (Å²) in [4.78, 5) is 52.1. The Labute approximate surface area is 366 Å². The molecule has 0 bridgehead atoms. The van der Waals surface area contributed by atoms with E-state index in [4.69, 9.17) is 14.2 Å². The van der Waals surface area contributed by atoms with E-state index in [1.807, 2.05) is 16.1 Å². The number of anilines is 4. The van der Waals surface area contributed by atoms with Gasteiger partial charge in [-0.25, -0.2) is 8.78 Å². The Morgan fingerprint density at radius 1 is 0.828 bits per heavy atom. The lowest BCUT2D eigenvalue weighted by Gasteiger charge is -2.43. The fraction of sp³-hybridized carbons (Fsp3) is 0.255. The third kappa shape index (κ3) is 7.06. The number of nitrogens with zero attached hydrogens (tertiary/aromatic N) is 5. The van der Waals surface area contributed by atoms with E-state index in [-0.39, 0.29) is 69.8 Å². The van der Waals surface area contributed by atoms with Gasteiger partial charge in [0.15, 0.2) is 23.1 Å². The fourth-order valence-corrected chi connectivity index (χ4v) is 8.84. The molecule has 3 aliphatic rings. The van der Waals surface area contributed by atoms with Gasteiger partial charge in [0.1, 0.15) is 17.7 Å². The summed E-state index contributed by atoms with van der Waals surface area (Å²) in [7, 11) is 2.71. The zero-order valence-corrected chi connectivity index (χ0v) is 35.3. The van der Waals surface area contributed by atoms with Crippen LogP contribution in [-0.4, -0.2) is 87.7 Å². The standard InChI is InChI=1S/C47H43F2N9O6/c1-5-8-37(59)56-24-18-33(56)26(2)64-36-25-51-21-15-28(36)42-40(54-31-11-6-9-29(48)43(31)62-3)38-35(17-23-52-45(38)60)58(42)47-41(55-32-12-7-10-30(49)44(32)63-4)39-34(16-22-53-46(39)61)57(47)27-13-19-50-20-14-27/h6-7,9-15,19-21,25-26,33,54-55H,16-18,22-24H2,1-4H3,(H,52,60)(H,53,61)/t26-,33+/m0/s1. The van der Waals surface area contributed by atoms with Crippen LogP contribution in [0.25, 0.3) is 22.8 Å². The highest BCUT2D eigenvalue weighted by molar-refractivity contribution is 6.09. The van der Waals surface area contributed by atoms with Gasteiger partial charge in [0, 0.05) is 68.0 Å². The van der Waals surface area contributed by atoms with Crippen molar-refractivity contribution in [2.75, 3.05) is 44.5 Å². The molecule has 1 saturated heterocycles. The molecule has 17 heteroatoms. The minimum Gasteiger partial charge on any atom is -0.492 e. The predicted molar refractivity (Wildman–Crippen MR) is 234 cm³/mol. The van der Waals surface area contributed by atoms with E-state index >= 15 is 8.78 Å². The Bertz CT molecular complexity index is 2900. The van der Waals surface area contributed by atoms with E-state index < -0.39 is 23.6 Å². The molecule has 7 heterocycles. The number of carbonyl (C=O) groups excluding carboxylic acids is 3. The van der Waals surface area contributed by atoms with Crippen LogP contribution in [0, 0.1) is 23.5 Å². The van der Waals surface area contributed by atoms with Crippen molar-refractivity contribution in [1.82, 2.24) is 34.6 Å². The predicted octanol–water partition coefficient (Wildman–Crippen LogP) is 6.47. The number of aromatic nitrogens is 4. The smallest absolute Gasteiger partial charge is 0.298 e. The summed E-state index contributed by atoms with van der Waals surface area (Å²) in [6, 6.07) is 13.9. The largest absolute Gasteiger partial charge is 0.492 e. The van der Waals surface area contributed by atoms with Crippen molar-refractivity contribution in [3.8, 4) is 51.9 Å². The maximum absolute atomic E-state index is 15.5. The molecule has 6 aromatic rings. The molecule has 2 atom stereocenters. The van der Waals surface area contributed by atoms with Crippen LogP contribution in [0.2, 0.25) is 0 Å². The Balaban J connectivity index is 1.38. The average Bonchev–Trinajstić information content (AvgIpc) is 3.77. The molecule has 4 N–H and O–H groups in total. The molecule has 64 heavy (non-hydrogen) atoms. The summed E-state index contributed by atoms with van der Waals surface area (Å²) >= 11 is 0. The molecule has 9 rings (SSSR count). The van der Waals surface area contributed by atoms with Gasteiger partial charge in [-0.3, -0.25) is 33.5 Å². The van der Waals surface area contributed by atoms with Crippen molar-refractivity contribution in [2.24, 2.45) is 0 Å². The maximum Gasteiger partial charge on any atom is 0.298 e. The lowest BCUT2D eigenvalue weighted by Crippen LogP contribution is -2.57. The fourth-order valence-electron chi connectivity index (χ4n) is 8.84. The number of para-hydroxylation sites is 2. The lowest BCUT2D eigenvalue weighted by molar-refractivity contribution is -0.135. The number of rotatable bonds is 12. The molecular formula is C47H43F2N9O6. The number of nitrogens with one attached hydrogen (secondary N) is 4. The Morgan fingerprint density at radius 2 is 1.42 bits per heavy atom. The topological polar surface area (TPSA) is 166 Å². The van der Waals surface area contributed by atoms with Crippen molar-refractivity contribution in [1.29, 1.82) is 0 Å². The third-order valence-electron chi connectivity index (χ3n) is 11.7. The molecule has 2 aromatic carbocycles. The van der Waals surface area contributed by atoms with Crippen LogP contribution in [0.1, 0.15) is 52.4 Å². The van der Waals surface area contributed by atoms with Crippen LogP contribution in [0.15, 0.2) is 79.4 Å². The van der Waals surface area contributed by atoms with Crippen LogP contribution in [0.3, 0.4) is 0 Å². The molecule has 3 aliphatic heterocycles. The Kier molecular flexibility index (Phi) is 11.1. The van der Waals surface area contributed by atoms with Gasteiger partial charge in [-0.2, -0.15) is 0 Å². The first-order valence-electron chi connectivity index (χ1n) is 20.7. The number of ether oxygens (including phenoxy) is 3. The van der Waals surface area contributed by atoms with E-state index in [0.29, 0.717) is 72.3 Å². The number of hydrogen-bond donors (Lipinski definition) is 4. The molecular weight excluding hydrogens is 825 g/mol. The van der Waals surface area contributed by atoms with Gasteiger partial charge in [0.05, 0.1) is 71.7 Å². The second-order valence-electron chi connectivity index (χ2n) is 15.3. The number of benzene rings is 2. The summed E-state index contributed by atoms with van der Waals surface area (Å²) < 4.78 is 52.7. The molecule has 0 spiro atoms. The minimum absolute atomic E-state index is 0.0861. The van der Waals surface area contributed by atoms with Crippen molar-refractivity contribution >= 4 is 40.5 Å². The minimum atomic E-state index is -0.637. The first kappa shape index (κ1) is 41.5. The van der Waals surface area contributed by atoms with Gasteiger partial charge in [0.25, 0.3) is 17.7 Å².